The summed E-state index contributed by atoms with van der Waals surface area (Å²) in [6.45, 7) is 1.35. The fourth-order valence-electron chi connectivity index (χ4n) is 2.88. The number of nitrogens with one attached hydrogen (secondary N) is 1. The van der Waals surface area contributed by atoms with Gasteiger partial charge in [-0.2, -0.15) is 0 Å². The van der Waals surface area contributed by atoms with Crippen molar-refractivity contribution in [1.29, 1.82) is 0 Å². The van der Waals surface area contributed by atoms with Crippen LogP contribution in [0.2, 0.25) is 10.0 Å². The van der Waals surface area contributed by atoms with Crippen molar-refractivity contribution >= 4 is 51.8 Å². The molecule has 3 aromatic rings. The van der Waals surface area contributed by atoms with Crippen molar-refractivity contribution in [3.05, 3.63) is 68.4 Å². The van der Waals surface area contributed by atoms with Gasteiger partial charge in [-0.05, 0) is 42.3 Å². The number of aromatic nitrogens is 2. The SMILES string of the molecule is COCCCn1c(SCC(=O)NCc2cccc(Cl)c2)nc2cc(Cl)ccc2c1=O. The van der Waals surface area contributed by atoms with Gasteiger partial charge >= 0.3 is 0 Å². The zero-order chi connectivity index (χ0) is 21.5. The lowest BCUT2D eigenvalue weighted by molar-refractivity contribution is -0.118. The van der Waals surface area contributed by atoms with Crippen LogP contribution in [0.4, 0.5) is 0 Å². The molecule has 0 saturated heterocycles. The quantitative estimate of drug-likeness (QED) is 0.292. The lowest BCUT2D eigenvalue weighted by atomic mass is 10.2. The number of nitrogens with zero attached hydrogens (tertiary/aromatic N) is 2. The third kappa shape index (κ3) is 5.98. The van der Waals surface area contributed by atoms with E-state index in [0.717, 1.165) is 5.56 Å². The van der Waals surface area contributed by atoms with Crippen LogP contribution >= 0.6 is 35.0 Å². The lowest BCUT2D eigenvalue weighted by Gasteiger charge is -2.13. The van der Waals surface area contributed by atoms with Crippen LogP contribution in [-0.4, -0.2) is 34.9 Å². The Morgan fingerprint density at radius 1 is 1.20 bits per heavy atom. The first-order chi connectivity index (χ1) is 14.5. The van der Waals surface area contributed by atoms with Crippen molar-refractivity contribution in [2.75, 3.05) is 19.5 Å². The average Bonchev–Trinajstić information content (AvgIpc) is 2.72. The van der Waals surface area contributed by atoms with Gasteiger partial charge in [0.15, 0.2) is 5.16 Å². The van der Waals surface area contributed by atoms with Crippen LogP contribution in [0.15, 0.2) is 52.4 Å². The summed E-state index contributed by atoms with van der Waals surface area (Å²) in [6.07, 6.45) is 0.658. The highest BCUT2D eigenvalue weighted by atomic mass is 35.5. The van der Waals surface area contributed by atoms with Gasteiger partial charge in [-0.25, -0.2) is 4.98 Å². The monoisotopic (exact) mass is 465 g/mol. The molecule has 1 N–H and O–H groups in total. The van der Waals surface area contributed by atoms with Crippen molar-refractivity contribution in [3.8, 4) is 0 Å². The van der Waals surface area contributed by atoms with Crippen LogP contribution in [0, 0.1) is 0 Å². The van der Waals surface area contributed by atoms with E-state index in [2.05, 4.69) is 10.3 Å². The molecule has 0 fully saturated rings. The van der Waals surface area contributed by atoms with Crippen molar-refractivity contribution in [2.45, 2.75) is 24.7 Å². The van der Waals surface area contributed by atoms with Crippen LogP contribution in [0.3, 0.4) is 0 Å². The Labute approximate surface area is 188 Å². The minimum Gasteiger partial charge on any atom is -0.385 e. The summed E-state index contributed by atoms with van der Waals surface area (Å²) >= 11 is 13.2. The average molecular weight is 466 g/mol. The highest BCUT2D eigenvalue weighted by molar-refractivity contribution is 7.99. The van der Waals surface area contributed by atoms with Gasteiger partial charge in [0.1, 0.15) is 0 Å². The number of carbonyl (C=O) groups is 1. The van der Waals surface area contributed by atoms with Crippen LogP contribution in [0.25, 0.3) is 10.9 Å². The fraction of sp³-hybridized carbons (Fsp3) is 0.286. The smallest absolute Gasteiger partial charge is 0.262 e. The highest BCUT2D eigenvalue weighted by Gasteiger charge is 2.14. The maximum Gasteiger partial charge on any atom is 0.262 e. The van der Waals surface area contributed by atoms with Gasteiger partial charge < -0.3 is 10.1 Å². The first kappa shape index (κ1) is 22.6. The number of ether oxygens (including phenoxy) is 1. The molecule has 0 aliphatic rings. The van der Waals surface area contributed by atoms with E-state index in [4.69, 9.17) is 27.9 Å². The molecule has 0 spiro atoms. The third-order valence-corrected chi connectivity index (χ3v) is 5.77. The van der Waals surface area contributed by atoms with Crippen LogP contribution in [0.1, 0.15) is 12.0 Å². The maximum absolute atomic E-state index is 13.0. The second kappa shape index (κ2) is 10.8. The van der Waals surface area contributed by atoms with E-state index >= 15 is 0 Å². The van der Waals surface area contributed by atoms with E-state index in [-0.39, 0.29) is 17.2 Å². The van der Waals surface area contributed by atoms with Gasteiger partial charge in [-0.1, -0.05) is 47.1 Å². The summed E-state index contributed by atoms with van der Waals surface area (Å²) in [5, 5.41) is 4.94. The first-order valence-corrected chi connectivity index (χ1v) is 11.0. The third-order valence-electron chi connectivity index (χ3n) is 4.32. The second-order valence-corrected chi connectivity index (χ2v) is 8.37. The van der Waals surface area contributed by atoms with Gasteiger partial charge in [0.2, 0.25) is 5.91 Å². The fourth-order valence-corrected chi connectivity index (χ4v) is 4.11. The summed E-state index contributed by atoms with van der Waals surface area (Å²) in [7, 11) is 1.61. The lowest BCUT2D eigenvalue weighted by Crippen LogP contribution is -2.27. The predicted molar refractivity (Wildman–Crippen MR) is 122 cm³/mol. The molecule has 0 saturated carbocycles. The maximum atomic E-state index is 13.0. The highest BCUT2D eigenvalue weighted by Crippen LogP contribution is 2.21. The van der Waals surface area contributed by atoms with Gasteiger partial charge in [-0.15, -0.1) is 0 Å². The van der Waals surface area contributed by atoms with E-state index < -0.39 is 0 Å². The van der Waals surface area contributed by atoms with Crippen LogP contribution in [-0.2, 0) is 22.6 Å². The Morgan fingerprint density at radius 3 is 2.77 bits per heavy atom. The molecule has 6 nitrogen and oxygen atoms in total. The molecule has 0 radical (unpaired) electrons. The number of benzene rings is 2. The van der Waals surface area contributed by atoms with Gasteiger partial charge in [0.25, 0.3) is 5.56 Å². The molecule has 0 unspecified atom stereocenters. The predicted octanol–water partition coefficient (Wildman–Crippen LogP) is 4.15. The van der Waals surface area contributed by atoms with Crippen LogP contribution < -0.4 is 10.9 Å². The molecule has 9 heteroatoms. The van der Waals surface area contributed by atoms with E-state index in [9.17, 15) is 9.59 Å². The van der Waals surface area contributed by atoms with E-state index in [1.54, 1.807) is 42.0 Å². The second-order valence-electron chi connectivity index (χ2n) is 6.55. The minimum absolute atomic E-state index is 0.128. The normalized spacial score (nSPS) is 11.0. The van der Waals surface area contributed by atoms with E-state index in [0.29, 0.717) is 52.2 Å². The van der Waals surface area contributed by atoms with E-state index in [1.165, 1.54) is 11.8 Å². The van der Waals surface area contributed by atoms with Crippen LogP contribution in [0.5, 0.6) is 0 Å². The molecular formula is C21H21Cl2N3O3S. The molecule has 1 heterocycles. The number of hydrogen-bond acceptors (Lipinski definition) is 5. The molecule has 0 bridgehead atoms. The largest absolute Gasteiger partial charge is 0.385 e. The number of amides is 1. The topological polar surface area (TPSA) is 73.2 Å². The molecular weight excluding hydrogens is 445 g/mol. The zero-order valence-electron chi connectivity index (χ0n) is 16.4. The standard InChI is InChI=1S/C21H21Cl2N3O3S/c1-29-9-3-8-26-20(28)17-7-6-16(23)11-18(17)25-21(26)30-13-19(27)24-12-14-4-2-5-15(22)10-14/h2,4-7,10-11H,3,8-9,12-13H2,1H3,(H,24,27). The Kier molecular flexibility index (Phi) is 8.16. The van der Waals surface area contributed by atoms with Gasteiger partial charge in [0, 0.05) is 36.9 Å². The number of fused-ring (bicyclic) bond motifs is 1. The molecule has 1 aromatic heterocycles. The van der Waals surface area contributed by atoms with Crippen molar-refractivity contribution < 1.29 is 9.53 Å². The molecule has 158 valence electrons. The number of halogens is 2. The summed E-state index contributed by atoms with van der Waals surface area (Å²) in [5.74, 6) is -0.0348. The summed E-state index contributed by atoms with van der Waals surface area (Å²) in [5.41, 5.74) is 1.27. The minimum atomic E-state index is -0.163. The number of hydrogen-bond donors (Lipinski definition) is 1. The Balaban J connectivity index is 1.75. The molecule has 0 atom stereocenters. The number of thioether (sulfide) groups is 1. The summed E-state index contributed by atoms with van der Waals surface area (Å²) in [4.78, 5) is 29.9. The van der Waals surface area contributed by atoms with Crippen molar-refractivity contribution in [2.24, 2.45) is 0 Å². The first-order valence-electron chi connectivity index (χ1n) is 9.31. The molecule has 30 heavy (non-hydrogen) atoms. The number of rotatable bonds is 9. The Bertz CT molecular complexity index is 1100. The van der Waals surface area contributed by atoms with E-state index in [1.807, 2.05) is 12.1 Å². The number of methoxy groups -OCH3 is 1. The molecule has 3 rings (SSSR count). The summed E-state index contributed by atoms with van der Waals surface area (Å²) < 4.78 is 6.68. The van der Waals surface area contributed by atoms with Gasteiger partial charge in [0.05, 0.1) is 16.7 Å². The van der Waals surface area contributed by atoms with Gasteiger partial charge in [-0.3, -0.25) is 14.2 Å². The van der Waals surface area contributed by atoms with Crippen molar-refractivity contribution in [1.82, 2.24) is 14.9 Å². The molecule has 1 amide bonds. The molecule has 0 aliphatic heterocycles. The molecule has 2 aromatic carbocycles. The summed E-state index contributed by atoms with van der Waals surface area (Å²) in [6, 6.07) is 12.3. The van der Waals surface area contributed by atoms with Crippen molar-refractivity contribution in [3.63, 3.8) is 0 Å². The zero-order valence-corrected chi connectivity index (χ0v) is 18.7. The Hall–Kier alpha value is -2.06. The number of carbonyl (C=O) groups excluding carboxylic acids is 1. The Morgan fingerprint density at radius 2 is 2.00 bits per heavy atom. The molecule has 0 aliphatic carbocycles.